The van der Waals surface area contributed by atoms with Crippen LogP contribution in [0, 0.1) is 5.82 Å². The largest absolute Gasteiger partial charge is 0.490 e. The van der Waals surface area contributed by atoms with Crippen molar-refractivity contribution >= 4 is 23.6 Å². The topological polar surface area (TPSA) is 67.9 Å². The predicted molar refractivity (Wildman–Crippen MR) is 118 cm³/mol. The number of nitrogens with zero attached hydrogens (tertiary/aromatic N) is 1. The van der Waals surface area contributed by atoms with E-state index in [1.54, 1.807) is 54.6 Å². The van der Waals surface area contributed by atoms with Crippen LogP contribution in [0.3, 0.4) is 0 Å². The zero-order valence-electron chi connectivity index (χ0n) is 17.4. The fourth-order valence-corrected chi connectivity index (χ4v) is 3.27. The number of anilines is 1. The molecule has 0 spiro atoms. The van der Waals surface area contributed by atoms with Gasteiger partial charge in [0.2, 0.25) is 0 Å². The van der Waals surface area contributed by atoms with Crippen LogP contribution in [0.15, 0.2) is 78.4 Å². The lowest BCUT2D eigenvalue weighted by Gasteiger charge is -2.14. The number of carbonyl (C=O) groups is 2. The van der Waals surface area contributed by atoms with Crippen LogP contribution in [0.25, 0.3) is 6.08 Å². The summed E-state index contributed by atoms with van der Waals surface area (Å²) in [7, 11) is 0. The Morgan fingerprint density at radius 3 is 2.50 bits per heavy atom. The molecule has 0 saturated carbocycles. The molecule has 1 heterocycles. The molecular weight excluding hydrogens is 411 g/mol. The zero-order valence-corrected chi connectivity index (χ0v) is 17.4. The molecule has 0 aromatic heterocycles. The van der Waals surface area contributed by atoms with Gasteiger partial charge >= 0.3 is 0 Å². The summed E-state index contributed by atoms with van der Waals surface area (Å²) < 4.78 is 24.9. The highest BCUT2D eigenvalue weighted by Crippen LogP contribution is 2.31. The number of para-hydroxylation sites is 1. The zero-order chi connectivity index (χ0) is 22.5. The summed E-state index contributed by atoms with van der Waals surface area (Å²) in [6.07, 6.45) is 1.51. The smallest absolute Gasteiger partial charge is 0.282 e. The second-order valence-corrected chi connectivity index (χ2v) is 7.03. The normalized spacial score (nSPS) is 14.6. The molecule has 6 nitrogen and oxygen atoms in total. The third kappa shape index (κ3) is 4.62. The van der Waals surface area contributed by atoms with Crippen LogP contribution in [0.2, 0.25) is 0 Å². The fourth-order valence-electron chi connectivity index (χ4n) is 3.27. The minimum absolute atomic E-state index is 0.0183. The van der Waals surface area contributed by atoms with E-state index in [1.807, 2.05) is 13.0 Å². The van der Waals surface area contributed by atoms with E-state index in [-0.39, 0.29) is 18.0 Å². The number of nitrogens with one attached hydrogen (secondary N) is 1. The second kappa shape index (κ2) is 9.34. The first-order chi connectivity index (χ1) is 15.5. The molecule has 3 aromatic rings. The number of rotatable bonds is 7. The molecule has 0 radical (unpaired) electrons. The van der Waals surface area contributed by atoms with Crippen LogP contribution in [0.4, 0.5) is 10.1 Å². The maximum absolute atomic E-state index is 13.4. The van der Waals surface area contributed by atoms with Crippen molar-refractivity contribution in [3.63, 3.8) is 0 Å². The first kappa shape index (κ1) is 21.1. The Morgan fingerprint density at radius 2 is 1.75 bits per heavy atom. The Morgan fingerprint density at radius 1 is 0.938 bits per heavy atom. The minimum atomic E-state index is -0.483. The Kier molecular flexibility index (Phi) is 6.17. The van der Waals surface area contributed by atoms with E-state index >= 15 is 0 Å². The molecule has 32 heavy (non-hydrogen) atoms. The highest BCUT2D eigenvalue weighted by Gasteiger charge is 2.34. The number of hydrazine groups is 1. The first-order valence-corrected chi connectivity index (χ1v) is 10.1. The van der Waals surface area contributed by atoms with Gasteiger partial charge in [-0.25, -0.2) is 9.40 Å². The van der Waals surface area contributed by atoms with E-state index in [0.717, 1.165) is 0 Å². The maximum atomic E-state index is 13.4. The van der Waals surface area contributed by atoms with E-state index in [9.17, 15) is 14.0 Å². The van der Waals surface area contributed by atoms with Crippen molar-refractivity contribution < 1.29 is 23.5 Å². The molecule has 162 valence electrons. The van der Waals surface area contributed by atoms with Gasteiger partial charge in [-0.2, -0.15) is 0 Å². The molecule has 1 saturated heterocycles. The molecule has 0 aliphatic carbocycles. The van der Waals surface area contributed by atoms with Gasteiger partial charge in [-0.15, -0.1) is 0 Å². The van der Waals surface area contributed by atoms with Crippen LogP contribution in [-0.4, -0.2) is 18.4 Å². The summed E-state index contributed by atoms with van der Waals surface area (Å²) in [6, 6.07) is 20.2. The molecule has 7 heteroatoms. The van der Waals surface area contributed by atoms with E-state index < -0.39 is 11.8 Å². The number of hydrogen-bond donors (Lipinski definition) is 1. The number of benzene rings is 3. The summed E-state index contributed by atoms with van der Waals surface area (Å²) in [5.74, 6) is -0.314. The number of ether oxygens (including phenoxy) is 2. The maximum Gasteiger partial charge on any atom is 0.282 e. The monoisotopic (exact) mass is 432 g/mol. The standard InChI is InChI=1S/C25H21FN2O4/c1-2-31-23-15-17(11-12-22(23)32-16-18-7-6-8-19(26)13-18)14-21-24(29)27-28(25(21)30)20-9-4-3-5-10-20/h3-15H,2,16H2,1H3,(H,27,29). The summed E-state index contributed by atoms with van der Waals surface area (Å²) in [6.45, 7) is 2.41. The molecule has 2 amide bonds. The molecular formula is C25H21FN2O4. The molecule has 4 rings (SSSR count). The van der Waals surface area contributed by atoms with Gasteiger partial charge in [-0.1, -0.05) is 36.4 Å². The van der Waals surface area contributed by atoms with Gasteiger partial charge in [0.15, 0.2) is 11.5 Å². The van der Waals surface area contributed by atoms with Gasteiger partial charge in [-0.3, -0.25) is 15.0 Å². The van der Waals surface area contributed by atoms with Gasteiger partial charge in [0, 0.05) is 0 Å². The van der Waals surface area contributed by atoms with Crippen molar-refractivity contribution in [2.24, 2.45) is 0 Å². The van der Waals surface area contributed by atoms with Crippen molar-refractivity contribution in [1.29, 1.82) is 0 Å². The molecule has 1 fully saturated rings. The van der Waals surface area contributed by atoms with E-state index in [0.29, 0.717) is 34.9 Å². The van der Waals surface area contributed by atoms with Crippen LogP contribution >= 0.6 is 0 Å². The Balaban J connectivity index is 1.56. The van der Waals surface area contributed by atoms with Gasteiger partial charge in [0.25, 0.3) is 11.8 Å². The van der Waals surface area contributed by atoms with Crippen molar-refractivity contribution in [2.45, 2.75) is 13.5 Å². The van der Waals surface area contributed by atoms with E-state index in [1.165, 1.54) is 23.2 Å². The molecule has 0 atom stereocenters. The highest BCUT2D eigenvalue weighted by atomic mass is 19.1. The van der Waals surface area contributed by atoms with Crippen LogP contribution in [-0.2, 0) is 16.2 Å². The average Bonchev–Trinajstić information content (AvgIpc) is 3.08. The number of hydrogen-bond acceptors (Lipinski definition) is 4. The Bertz CT molecular complexity index is 1180. The quantitative estimate of drug-likeness (QED) is 0.447. The van der Waals surface area contributed by atoms with Crippen LogP contribution in [0.5, 0.6) is 11.5 Å². The average molecular weight is 432 g/mol. The van der Waals surface area contributed by atoms with Crippen molar-refractivity contribution in [2.75, 3.05) is 11.6 Å². The third-order valence-electron chi connectivity index (χ3n) is 4.77. The second-order valence-electron chi connectivity index (χ2n) is 7.03. The molecule has 1 N–H and O–H groups in total. The lowest BCUT2D eigenvalue weighted by molar-refractivity contribution is -0.117. The lowest BCUT2D eigenvalue weighted by Crippen LogP contribution is -2.35. The van der Waals surface area contributed by atoms with Gasteiger partial charge in [0.05, 0.1) is 12.3 Å². The van der Waals surface area contributed by atoms with Gasteiger partial charge in [0.1, 0.15) is 18.0 Å². The summed E-state index contributed by atoms with van der Waals surface area (Å²) in [5, 5.41) is 1.22. The number of carbonyl (C=O) groups excluding carboxylic acids is 2. The SMILES string of the molecule is CCOc1cc(C=C2C(=O)NN(c3ccccc3)C2=O)ccc1OCc1cccc(F)c1. The van der Waals surface area contributed by atoms with Crippen molar-refractivity contribution in [3.8, 4) is 11.5 Å². The highest BCUT2D eigenvalue weighted by molar-refractivity contribution is 6.31. The molecule has 0 unspecified atom stereocenters. The summed E-state index contributed by atoms with van der Waals surface area (Å²) >= 11 is 0. The lowest BCUT2D eigenvalue weighted by atomic mass is 10.1. The third-order valence-corrected chi connectivity index (χ3v) is 4.77. The molecule has 0 bridgehead atoms. The van der Waals surface area contributed by atoms with E-state index in [4.69, 9.17) is 9.47 Å². The fraction of sp³-hybridized carbons (Fsp3) is 0.120. The van der Waals surface area contributed by atoms with Crippen molar-refractivity contribution in [1.82, 2.24) is 5.43 Å². The minimum Gasteiger partial charge on any atom is -0.490 e. The molecule has 1 aliphatic rings. The van der Waals surface area contributed by atoms with Crippen molar-refractivity contribution in [3.05, 3.63) is 95.3 Å². The van der Waals surface area contributed by atoms with Gasteiger partial charge in [-0.05, 0) is 60.5 Å². The van der Waals surface area contributed by atoms with Crippen LogP contribution in [0.1, 0.15) is 18.1 Å². The Labute approximate surface area is 184 Å². The molecule has 1 aliphatic heterocycles. The first-order valence-electron chi connectivity index (χ1n) is 10.1. The predicted octanol–water partition coefficient (Wildman–Crippen LogP) is 4.26. The van der Waals surface area contributed by atoms with E-state index in [2.05, 4.69) is 5.43 Å². The van der Waals surface area contributed by atoms with Gasteiger partial charge < -0.3 is 9.47 Å². The summed E-state index contributed by atoms with van der Waals surface area (Å²) in [4.78, 5) is 25.2. The van der Waals surface area contributed by atoms with Crippen LogP contribution < -0.4 is 19.9 Å². The Hall–Kier alpha value is -4.13. The number of amides is 2. The number of halogens is 1. The summed E-state index contributed by atoms with van der Waals surface area (Å²) in [5.41, 5.74) is 4.47. The molecule has 3 aromatic carbocycles.